The van der Waals surface area contributed by atoms with Crippen molar-refractivity contribution in [3.8, 4) is 0 Å². The predicted molar refractivity (Wildman–Crippen MR) is 134 cm³/mol. The number of aromatic nitrogens is 1. The second kappa shape index (κ2) is 8.17. The van der Waals surface area contributed by atoms with Crippen LogP contribution in [0.1, 0.15) is 83.5 Å². The average Bonchev–Trinajstić information content (AvgIpc) is 3.56. The molecule has 3 N–H and O–H groups in total. The number of nitrogen functional groups attached to an aromatic ring is 1. The molecule has 0 spiro atoms. The molecule has 36 heavy (non-hydrogen) atoms. The molecule has 7 nitrogen and oxygen atoms in total. The van der Waals surface area contributed by atoms with Gasteiger partial charge in [0.05, 0.1) is 0 Å². The molecule has 4 aromatic rings. The number of nitrogens with one attached hydrogen (secondary N) is 1. The number of pyridine rings is 1. The molecule has 1 amide bonds. The van der Waals surface area contributed by atoms with Gasteiger partial charge in [0.1, 0.15) is 23.8 Å². The number of ether oxygens (including phenoxy) is 1. The summed E-state index contributed by atoms with van der Waals surface area (Å²) < 4.78 is 11.8. The van der Waals surface area contributed by atoms with Crippen LogP contribution in [0.4, 0.5) is 5.82 Å². The number of ketones is 1. The molecule has 4 heterocycles. The summed E-state index contributed by atoms with van der Waals surface area (Å²) in [5, 5.41) is 3.00. The first-order valence-corrected chi connectivity index (χ1v) is 11.8. The molecule has 2 atom stereocenters. The number of rotatable bonds is 5. The molecule has 2 aromatic heterocycles. The molecule has 0 unspecified atom stereocenters. The summed E-state index contributed by atoms with van der Waals surface area (Å²) in [6, 6.07) is 16.6. The highest BCUT2D eigenvalue weighted by molar-refractivity contribution is 6.07. The number of nitrogens with two attached hydrogens (primary N) is 1. The molecule has 6 rings (SSSR count). The lowest BCUT2D eigenvalue weighted by atomic mass is 9.84. The van der Waals surface area contributed by atoms with Crippen LogP contribution in [0, 0.1) is 20.8 Å². The van der Waals surface area contributed by atoms with Gasteiger partial charge in [0, 0.05) is 23.4 Å². The smallest absolute Gasteiger partial charge is 0.251 e. The maximum absolute atomic E-state index is 13.0. The second-order valence-electron chi connectivity index (χ2n) is 9.43. The molecule has 2 bridgehead atoms. The zero-order valence-electron chi connectivity index (χ0n) is 20.2. The van der Waals surface area contributed by atoms with Gasteiger partial charge in [-0.1, -0.05) is 18.2 Å². The van der Waals surface area contributed by atoms with Crippen molar-refractivity contribution in [3.63, 3.8) is 0 Å². The molecule has 0 saturated heterocycles. The lowest BCUT2D eigenvalue weighted by Gasteiger charge is -2.17. The number of carbonyl (C=O) groups is 2. The zero-order valence-corrected chi connectivity index (χ0v) is 20.2. The third kappa shape index (κ3) is 3.51. The Bertz CT molecular complexity index is 1550. The van der Waals surface area contributed by atoms with Crippen LogP contribution in [0.2, 0.25) is 0 Å². The fourth-order valence-electron chi connectivity index (χ4n) is 5.25. The Morgan fingerprint density at radius 1 is 0.889 bits per heavy atom. The molecule has 2 aliphatic heterocycles. The van der Waals surface area contributed by atoms with E-state index in [1.54, 1.807) is 18.2 Å². The minimum absolute atomic E-state index is 0.162. The zero-order chi connectivity index (χ0) is 25.1. The normalized spacial score (nSPS) is 17.1. The van der Waals surface area contributed by atoms with Crippen LogP contribution in [-0.4, -0.2) is 16.7 Å². The Labute approximate surface area is 208 Å². The van der Waals surface area contributed by atoms with E-state index in [4.69, 9.17) is 14.9 Å². The quantitative estimate of drug-likeness (QED) is 0.396. The summed E-state index contributed by atoms with van der Waals surface area (Å²) in [6.07, 6.45) is -0.511. The molecule has 180 valence electrons. The molecule has 2 aliphatic rings. The summed E-state index contributed by atoms with van der Waals surface area (Å²) >= 11 is 0. The molecule has 0 aliphatic carbocycles. The molecule has 0 radical (unpaired) electrons. The van der Waals surface area contributed by atoms with E-state index < -0.39 is 0 Å². The number of fused-ring (bicyclic) bond motifs is 8. The highest BCUT2D eigenvalue weighted by atomic mass is 16.5. The fraction of sp³-hybridized carbons (Fsp3) is 0.207. The van der Waals surface area contributed by atoms with Gasteiger partial charge in [-0.3, -0.25) is 9.59 Å². The number of anilines is 1. The largest absolute Gasteiger partial charge is 0.458 e. The highest BCUT2D eigenvalue weighted by Gasteiger charge is 2.43. The Hall–Kier alpha value is -4.23. The standard InChI is InChI=1S/C29H25N3O4/c1-14-10-25(30)32-16(3)23(14)13-31-29(34)18-6-8-20-22(12-18)28-21-11-17(5-7-19(21)27(20)36-28)26(33)24-9-4-15(2)35-24/h4-12,27-28H,13H2,1-3H3,(H2,30,32)(H,31,34)/t27-,28+/m0/s1. The fourth-order valence-corrected chi connectivity index (χ4v) is 5.25. The van der Waals surface area contributed by atoms with E-state index in [1.165, 1.54) is 0 Å². The van der Waals surface area contributed by atoms with Gasteiger partial charge in [-0.25, -0.2) is 4.98 Å². The van der Waals surface area contributed by atoms with Gasteiger partial charge in [0.2, 0.25) is 5.78 Å². The molecule has 2 aromatic carbocycles. The summed E-state index contributed by atoms with van der Waals surface area (Å²) in [5.74, 6) is 1.15. The van der Waals surface area contributed by atoms with Crippen molar-refractivity contribution in [2.24, 2.45) is 0 Å². The van der Waals surface area contributed by atoms with E-state index in [-0.39, 0.29) is 23.9 Å². The minimum atomic E-state index is -0.315. The van der Waals surface area contributed by atoms with Crippen LogP contribution in [0.25, 0.3) is 0 Å². The van der Waals surface area contributed by atoms with Gasteiger partial charge < -0.3 is 20.2 Å². The van der Waals surface area contributed by atoms with Crippen LogP contribution in [0.3, 0.4) is 0 Å². The summed E-state index contributed by atoms with van der Waals surface area (Å²) in [6.45, 7) is 6.02. The number of hydrogen-bond acceptors (Lipinski definition) is 6. The van der Waals surface area contributed by atoms with Crippen LogP contribution in [-0.2, 0) is 11.3 Å². The third-order valence-electron chi connectivity index (χ3n) is 7.06. The lowest BCUT2D eigenvalue weighted by molar-refractivity contribution is 0.0857. The molecule has 0 saturated carbocycles. The van der Waals surface area contributed by atoms with E-state index >= 15 is 0 Å². The van der Waals surface area contributed by atoms with Gasteiger partial charge in [-0.2, -0.15) is 0 Å². The first-order valence-electron chi connectivity index (χ1n) is 11.8. The average molecular weight is 480 g/mol. The Morgan fingerprint density at radius 2 is 1.56 bits per heavy atom. The summed E-state index contributed by atoms with van der Waals surface area (Å²) in [7, 11) is 0. The van der Waals surface area contributed by atoms with Gasteiger partial charge in [-0.05, 0) is 90.6 Å². The minimum Gasteiger partial charge on any atom is -0.458 e. The van der Waals surface area contributed by atoms with Crippen LogP contribution >= 0.6 is 0 Å². The topological polar surface area (TPSA) is 107 Å². The predicted octanol–water partition coefficient (Wildman–Crippen LogP) is 4.87. The van der Waals surface area contributed by atoms with Crippen molar-refractivity contribution in [2.45, 2.75) is 39.5 Å². The third-order valence-corrected chi connectivity index (χ3v) is 7.06. The Morgan fingerprint density at radius 3 is 2.22 bits per heavy atom. The van der Waals surface area contributed by atoms with Crippen molar-refractivity contribution < 1.29 is 18.7 Å². The number of benzene rings is 2. The lowest BCUT2D eigenvalue weighted by Crippen LogP contribution is -2.24. The van der Waals surface area contributed by atoms with Crippen molar-refractivity contribution in [2.75, 3.05) is 5.73 Å². The van der Waals surface area contributed by atoms with E-state index in [2.05, 4.69) is 10.3 Å². The van der Waals surface area contributed by atoms with Crippen LogP contribution in [0.15, 0.2) is 59.0 Å². The van der Waals surface area contributed by atoms with Crippen LogP contribution < -0.4 is 11.1 Å². The van der Waals surface area contributed by atoms with Crippen LogP contribution in [0.5, 0.6) is 0 Å². The molecule has 7 heteroatoms. The number of aryl methyl sites for hydroxylation is 3. The number of furan rings is 1. The summed E-state index contributed by atoms with van der Waals surface area (Å²) in [4.78, 5) is 30.2. The number of amides is 1. The van der Waals surface area contributed by atoms with Crippen molar-refractivity contribution >= 4 is 17.5 Å². The van der Waals surface area contributed by atoms with Crippen molar-refractivity contribution in [1.82, 2.24) is 10.3 Å². The number of nitrogens with zero attached hydrogens (tertiary/aromatic N) is 1. The maximum Gasteiger partial charge on any atom is 0.251 e. The molecule has 0 fully saturated rings. The second-order valence-corrected chi connectivity index (χ2v) is 9.43. The van der Waals surface area contributed by atoms with Crippen molar-refractivity contribution in [1.29, 1.82) is 0 Å². The van der Waals surface area contributed by atoms with Gasteiger partial charge in [0.25, 0.3) is 5.91 Å². The first-order chi connectivity index (χ1) is 17.3. The summed E-state index contributed by atoms with van der Waals surface area (Å²) in [5.41, 5.74) is 13.7. The Balaban J connectivity index is 1.25. The van der Waals surface area contributed by atoms with Gasteiger partial charge >= 0.3 is 0 Å². The van der Waals surface area contributed by atoms with E-state index in [9.17, 15) is 9.59 Å². The SMILES string of the molecule is Cc1ccc(C(=O)c2ccc3c(c2)[C@H]2O[C@@H]3c3ccc(C(=O)NCc4c(C)cc(N)nc4C)cc32)o1. The highest BCUT2D eigenvalue weighted by Crippen LogP contribution is 2.54. The van der Waals surface area contributed by atoms with Gasteiger partial charge in [0.15, 0.2) is 5.76 Å². The van der Waals surface area contributed by atoms with E-state index in [1.807, 2.05) is 57.2 Å². The monoisotopic (exact) mass is 479 g/mol. The van der Waals surface area contributed by atoms with E-state index in [0.717, 1.165) is 39.1 Å². The number of carbonyl (C=O) groups excluding carboxylic acids is 2. The maximum atomic E-state index is 13.0. The number of hydrogen-bond donors (Lipinski definition) is 2. The first kappa shape index (κ1) is 22.2. The van der Waals surface area contributed by atoms with E-state index in [0.29, 0.717) is 35.0 Å². The van der Waals surface area contributed by atoms with Gasteiger partial charge in [-0.15, -0.1) is 0 Å². The van der Waals surface area contributed by atoms with Crippen molar-refractivity contribution in [3.05, 3.63) is 116 Å². The molecular formula is C29H25N3O4. The molecular weight excluding hydrogens is 454 g/mol. The Kier molecular flexibility index (Phi) is 5.05.